The Morgan fingerprint density at radius 3 is 2.36 bits per heavy atom. The monoisotopic (exact) mass is 194 g/mol. The third kappa shape index (κ3) is 1.39. The highest BCUT2D eigenvalue weighted by atomic mass is 16.5. The van der Waals surface area contributed by atoms with Crippen LogP contribution in [-0.2, 0) is 5.41 Å². The maximum Gasteiger partial charge on any atom is 0.268 e. The maximum absolute atomic E-state index is 11.3. The van der Waals surface area contributed by atoms with Gasteiger partial charge >= 0.3 is 0 Å². The van der Waals surface area contributed by atoms with Gasteiger partial charge in [-0.3, -0.25) is 9.59 Å². The maximum atomic E-state index is 11.3. The summed E-state index contributed by atoms with van der Waals surface area (Å²) < 4.78 is 5.12. The van der Waals surface area contributed by atoms with Crippen molar-refractivity contribution in [3.05, 3.63) is 38.7 Å². The minimum Gasteiger partial charge on any atom is -0.489 e. The van der Waals surface area contributed by atoms with Gasteiger partial charge in [0, 0.05) is 5.41 Å². The third-order valence-electron chi connectivity index (χ3n) is 2.31. The highest BCUT2D eigenvalue weighted by Gasteiger charge is 2.32. The van der Waals surface area contributed by atoms with Gasteiger partial charge < -0.3 is 4.74 Å². The Kier molecular flexibility index (Phi) is 2.60. The summed E-state index contributed by atoms with van der Waals surface area (Å²) in [7, 11) is 0. The number of allylic oxidation sites excluding steroid dienone is 1. The number of ether oxygens (including phenoxy) is 1. The van der Waals surface area contributed by atoms with E-state index in [9.17, 15) is 9.59 Å². The normalized spacial score (nSPS) is 11.6. The number of rotatable bonds is 4. The molecule has 0 radical (unpaired) electrons. The summed E-state index contributed by atoms with van der Waals surface area (Å²) in [5.74, 6) is 0.211. The lowest BCUT2D eigenvalue weighted by Gasteiger charge is -2.23. The van der Waals surface area contributed by atoms with Gasteiger partial charge in [-0.15, -0.1) is 6.58 Å². The summed E-state index contributed by atoms with van der Waals surface area (Å²) in [6.07, 6.45) is 1.64. The van der Waals surface area contributed by atoms with Crippen molar-refractivity contribution in [2.75, 3.05) is 6.61 Å². The zero-order valence-corrected chi connectivity index (χ0v) is 8.72. The van der Waals surface area contributed by atoms with Crippen molar-refractivity contribution in [1.29, 1.82) is 0 Å². The molecule has 0 aliphatic carbocycles. The fourth-order valence-electron chi connectivity index (χ4n) is 1.34. The van der Waals surface area contributed by atoms with Crippen LogP contribution in [0.15, 0.2) is 22.2 Å². The zero-order chi connectivity index (χ0) is 10.9. The zero-order valence-electron chi connectivity index (χ0n) is 8.72. The minimum absolute atomic E-state index is 0.211. The van der Waals surface area contributed by atoms with Crippen LogP contribution in [0.25, 0.3) is 0 Å². The summed E-state index contributed by atoms with van der Waals surface area (Å²) in [5.41, 5.74) is -1.01. The van der Waals surface area contributed by atoms with Crippen LogP contribution in [0, 0.1) is 0 Å². The van der Waals surface area contributed by atoms with E-state index in [1.165, 1.54) is 0 Å². The smallest absolute Gasteiger partial charge is 0.268 e. The van der Waals surface area contributed by atoms with Gasteiger partial charge in [-0.25, -0.2) is 0 Å². The van der Waals surface area contributed by atoms with Gasteiger partial charge in [-0.1, -0.05) is 19.9 Å². The molecule has 0 saturated carbocycles. The summed E-state index contributed by atoms with van der Waals surface area (Å²) in [4.78, 5) is 22.5. The van der Waals surface area contributed by atoms with Gasteiger partial charge in [0.15, 0.2) is 5.75 Å². The molecule has 0 saturated heterocycles. The predicted octanol–water partition coefficient (Wildman–Crippen LogP) is 1.14. The second-order valence-electron chi connectivity index (χ2n) is 3.72. The fourth-order valence-corrected chi connectivity index (χ4v) is 1.34. The van der Waals surface area contributed by atoms with Crippen LogP contribution in [0.4, 0.5) is 0 Å². The topological polar surface area (TPSA) is 43.4 Å². The summed E-state index contributed by atoms with van der Waals surface area (Å²) >= 11 is 0. The molecular formula is C11H14O3. The molecule has 76 valence electrons. The molecule has 14 heavy (non-hydrogen) atoms. The first kappa shape index (κ1) is 10.7. The van der Waals surface area contributed by atoms with Gasteiger partial charge in [-0.05, 0) is 6.92 Å². The van der Waals surface area contributed by atoms with E-state index in [-0.39, 0.29) is 5.75 Å². The quantitative estimate of drug-likeness (QED) is 0.533. The highest BCUT2D eigenvalue weighted by Crippen LogP contribution is 2.28. The first-order chi connectivity index (χ1) is 6.45. The van der Waals surface area contributed by atoms with Gasteiger partial charge in [0.05, 0.1) is 12.2 Å². The van der Waals surface area contributed by atoms with Gasteiger partial charge in [0.2, 0.25) is 5.43 Å². The van der Waals surface area contributed by atoms with Crippen molar-refractivity contribution in [2.45, 2.75) is 26.2 Å². The largest absolute Gasteiger partial charge is 0.489 e. The molecule has 3 nitrogen and oxygen atoms in total. The van der Waals surface area contributed by atoms with Crippen molar-refractivity contribution in [3.8, 4) is 5.75 Å². The van der Waals surface area contributed by atoms with Crippen molar-refractivity contribution >= 4 is 0 Å². The standard InChI is InChI=1S/C11H14O3/c1-5-11(3,4)7-8(12)9(13)10(7)14-6-2/h5H,1,6H2,2-4H3. The van der Waals surface area contributed by atoms with E-state index in [0.717, 1.165) is 0 Å². The van der Waals surface area contributed by atoms with Crippen LogP contribution in [-0.4, -0.2) is 6.61 Å². The van der Waals surface area contributed by atoms with E-state index in [4.69, 9.17) is 4.74 Å². The van der Waals surface area contributed by atoms with E-state index in [0.29, 0.717) is 12.2 Å². The fraction of sp³-hybridized carbons (Fsp3) is 0.455. The number of hydrogen-bond donors (Lipinski definition) is 0. The molecule has 0 atom stereocenters. The first-order valence-corrected chi connectivity index (χ1v) is 4.56. The van der Waals surface area contributed by atoms with Crippen molar-refractivity contribution in [1.82, 2.24) is 0 Å². The van der Waals surface area contributed by atoms with Crippen molar-refractivity contribution in [2.24, 2.45) is 0 Å². The Morgan fingerprint density at radius 2 is 1.93 bits per heavy atom. The average molecular weight is 194 g/mol. The van der Waals surface area contributed by atoms with Gasteiger partial charge in [0.1, 0.15) is 0 Å². The Balaban J connectivity index is 3.23. The second-order valence-corrected chi connectivity index (χ2v) is 3.72. The Hall–Kier alpha value is -1.38. The Labute approximate surface area is 82.7 Å². The Bertz CT molecular complexity index is 420. The minimum atomic E-state index is -0.517. The molecule has 0 heterocycles. The lowest BCUT2D eigenvalue weighted by Crippen LogP contribution is -2.42. The molecule has 3 heteroatoms. The van der Waals surface area contributed by atoms with Gasteiger partial charge in [-0.2, -0.15) is 0 Å². The summed E-state index contributed by atoms with van der Waals surface area (Å²) in [5, 5.41) is 0. The van der Waals surface area contributed by atoms with E-state index in [1.807, 2.05) is 13.8 Å². The molecule has 1 aromatic rings. The van der Waals surface area contributed by atoms with Crippen LogP contribution in [0.2, 0.25) is 0 Å². The molecule has 1 aromatic carbocycles. The van der Waals surface area contributed by atoms with E-state index in [1.54, 1.807) is 13.0 Å². The van der Waals surface area contributed by atoms with E-state index >= 15 is 0 Å². The van der Waals surface area contributed by atoms with Crippen LogP contribution in [0.3, 0.4) is 0 Å². The van der Waals surface area contributed by atoms with E-state index < -0.39 is 16.3 Å². The lowest BCUT2D eigenvalue weighted by atomic mass is 9.81. The van der Waals surface area contributed by atoms with Gasteiger partial charge in [0.25, 0.3) is 5.43 Å². The molecule has 0 aliphatic rings. The summed E-state index contributed by atoms with van der Waals surface area (Å²) in [6.45, 7) is 9.47. The molecule has 1 rings (SSSR count). The third-order valence-corrected chi connectivity index (χ3v) is 2.31. The lowest BCUT2D eigenvalue weighted by molar-refractivity contribution is 0.322. The molecule has 0 bridgehead atoms. The molecule has 0 spiro atoms. The van der Waals surface area contributed by atoms with Crippen molar-refractivity contribution in [3.63, 3.8) is 0 Å². The predicted molar refractivity (Wildman–Crippen MR) is 55.7 cm³/mol. The molecule has 0 amide bonds. The van der Waals surface area contributed by atoms with E-state index in [2.05, 4.69) is 6.58 Å². The molecule has 0 unspecified atom stereocenters. The molecule has 0 aliphatic heterocycles. The first-order valence-electron chi connectivity index (χ1n) is 4.56. The van der Waals surface area contributed by atoms with Crippen LogP contribution >= 0.6 is 0 Å². The highest BCUT2D eigenvalue weighted by molar-refractivity contribution is 5.46. The summed E-state index contributed by atoms with van der Waals surface area (Å²) in [6, 6.07) is 0. The Morgan fingerprint density at radius 1 is 1.36 bits per heavy atom. The SMILES string of the molecule is C=CC(C)(C)c1c(OCC)c(=O)c1=O. The molecule has 0 N–H and O–H groups in total. The molecular weight excluding hydrogens is 180 g/mol. The van der Waals surface area contributed by atoms with Crippen LogP contribution < -0.4 is 15.6 Å². The molecule has 0 aromatic heterocycles. The van der Waals surface area contributed by atoms with Crippen LogP contribution in [0.1, 0.15) is 26.3 Å². The average Bonchev–Trinajstić information content (AvgIpc) is 2.16. The van der Waals surface area contributed by atoms with Crippen molar-refractivity contribution < 1.29 is 4.74 Å². The number of hydrogen-bond acceptors (Lipinski definition) is 3. The molecule has 0 fully saturated rings. The van der Waals surface area contributed by atoms with Crippen LogP contribution in [0.5, 0.6) is 5.75 Å². The second kappa shape index (κ2) is 3.40.